The summed E-state index contributed by atoms with van der Waals surface area (Å²) < 4.78 is 17.3. The van der Waals surface area contributed by atoms with E-state index in [4.69, 9.17) is 14.2 Å². The summed E-state index contributed by atoms with van der Waals surface area (Å²) in [5.41, 5.74) is 1.04. The molecule has 0 saturated carbocycles. The first-order chi connectivity index (χ1) is 9.76. The number of ether oxygens (including phenoxy) is 3. The van der Waals surface area contributed by atoms with Crippen molar-refractivity contribution in [3.05, 3.63) is 23.8 Å². The molecule has 2 heterocycles. The monoisotopic (exact) mass is 277 g/mol. The molecule has 1 aromatic carbocycles. The van der Waals surface area contributed by atoms with Crippen LogP contribution < -0.4 is 14.8 Å². The van der Waals surface area contributed by atoms with Crippen LogP contribution in [0, 0.1) is 0 Å². The maximum Gasteiger partial charge on any atom is 0.134 e. The average molecular weight is 277 g/mol. The van der Waals surface area contributed by atoms with E-state index in [9.17, 15) is 0 Å². The van der Waals surface area contributed by atoms with Gasteiger partial charge in [0.1, 0.15) is 17.1 Å². The molecule has 1 spiro atoms. The number of fused-ring (bicyclic) bond motifs is 1. The van der Waals surface area contributed by atoms with Crippen LogP contribution in [-0.4, -0.2) is 32.5 Å². The van der Waals surface area contributed by atoms with E-state index in [1.807, 2.05) is 12.1 Å². The van der Waals surface area contributed by atoms with Gasteiger partial charge in [0.05, 0.1) is 13.7 Å². The Bertz CT molecular complexity index is 469. The molecule has 1 N–H and O–H groups in total. The summed E-state index contributed by atoms with van der Waals surface area (Å²) in [4.78, 5) is 0. The first-order valence-electron chi connectivity index (χ1n) is 7.44. The molecule has 0 radical (unpaired) electrons. The third kappa shape index (κ3) is 2.50. The van der Waals surface area contributed by atoms with Crippen molar-refractivity contribution in [2.75, 3.05) is 26.9 Å². The number of benzene rings is 1. The molecule has 4 heteroatoms. The van der Waals surface area contributed by atoms with Gasteiger partial charge in [0.2, 0.25) is 0 Å². The van der Waals surface area contributed by atoms with Gasteiger partial charge in [-0.25, -0.2) is 0 Å². The lowest BCUT2D eigenvalue weighted by Gasteiger charge is -2.44. The second-order valence-electron chi connectivity index (χ2n) is 5.66. The third-order valence-electron chi connectivity index (χ3n) is 4.23. The summed E-state index contributed by atoms with van der Waals surface area (Å²) in [5, 5.41) is 3.57. The lowest BCUT2D eigenvalue weighted by molar-refractivity contribution is -0.0855. The molecule has 2 atom stereocenters. The highest BCUT2D eigenvalue weighted by Crippen LogP contribution is 2.44. The van der Waals surface area contributed by atoms with Gasteiger partial charge in [0.25, 0.3) is 0 Å². The lowest BCUT2D eigenvalue weighted by atomic mass is 9.83. The predicted molar refractivity (Wildman–Crippen MR) is 77.4 cm³/mol. The highest BCUT2D eigenvalue weighted by atomic mass is 16.5. The van der Waals surface area contributed by atoms with Crippen molar-refractivity contribution in [2.45, 2.75) is 37.8 Å². The Kier molecular flexibility index (Phi) is 3.85. The van der Waals surface area contributed by atoms with Crippen molar-refractivity contribution in [3.8, 4) is 11.5 Å². The van der Waals surface area contributed by atoms with Crippen LogP contribution in [0.2, 0.25) is 0 Å². The van der Waals surface area contributed by atoms with Gasteiger partial charge in [0, 0.05) is 24.6 Å². The first-order valence-corrected chi connectivity index (χ1v) is 7.44. The highest BCUT2D eigenvalue weighted by molar-refractivity contribution is 5.44. The largest absolute Gasteiger partial charge is 0.497 e. The molecule has 4 nitrogen and oxygen atoms in total. The molecule has 0 aromatic heterocycles. The number of hydrogen-bond donors (Lipinski definition) is 1. The second-order valence-corrected chi connectivity index (χ2v) is 5.66. The van der Waals surface area contributed by atoms with Gasteiger partial charge in [-0.15, -0.1) is 0 Å². The fraction of sp³-hybridized carbons (Fsp3) is 0.625. The predicted octanol–water partition coefficient (Wildman–Crippen LogP) is 2.68. The fourth-order valence-electron chi connectivity index (χ4n) is 3.27. The molecule has 110 valence electrons. The van der Waals surface area contributed by atoms with Gasteiger partial charge in [0.15, 0.2) is 0 Å². The van der Waals surface area contributed by atoms with E-state index in [0.29, 0.717) is 12.6 Å². The first kappa shape index (κ1) is 13.7. The summed E-state index contributed by atoms with van der Waals surface area (Å²) >= 11 is 0. The minimum absolute atomic E-state index is 0.160. The standard InChI is InChI=1S/C16H23NO3/c1-3-17-14-10-16(7-4-8-19-11-16)20-15-6-5-12(18-2)9-13(14)15/h5-6,9,14,17H,3-4,7-8,10-11H2,1-2H3. The average Bonchev–Trinajstić information content (AvgIpc) is 2.48. The Hall–Kier alpha value is -1.26. The zero-order chi connectivity index (χ0) is 14.0. The second kappa shape index (κ2) is 5.62. The molecular weight excluding hydrogens is 254 g/mol. The van der Waals surface area contributed by atoms with Crippen LogP contribution in [-0.2, 0) is 4.74 Å². The van der Waals surface area contributed by atoms with Gasteiger partial charge in [-0.05, 0) is 37.6 Å². The molecule has 1 saturated heterocycles. The fourth-order valence-corrected chi connectivity index (χ4v) is 3.27. The maximum absolute atomic E-state index is 6.32. The Balaban J connectivity index is 1.93. The Morgan fingerprint density at radius 1 is 1.45 bits per heavy atom. The Labute approximate surface area is 120 Å². The summed E-state index contributed by atoms with van der Waals surface area (Å²) in [5.74, 6) is 1.85. The highest BCUT2D eigenvalue weighted by Gasteiger charge is 2.42. The number of rotatable bonds is 3. The molecule has 3 rings (SSSR count). The molecule has 0 bridgehead atoms. The summed E-state index contributed by atoms with van der Waals surface area (Å²) in [6.07, 6.45) is 3.10. The van der Waals surface area contributed by atoms with Crippen molar-refractivity contribution >= 4 is 0 Å². The number of nitrogens with one attached hydrogen (secondary N) is 1. The summed E-state index contributed by atoms with van der Waals surface area (Å²) in [6, 6.07) is 6.37. The van der Waals surface area contributed by atoms with Gasteiger partial charge in [-0.2, -0.15) is 0 Å². The number of methoxy groups -OCH3 is 1. The van der Waals surface area contributed by atoms with Crippen LogP contribution in [0.4, 0.5) is 0 Å². The van der Waals surface area contributed by atoms with E-state index >= 15 is 0 Å². The van der Waals surface area contributed by atoms with E-state index in [1.165, 1.54) is 5.56 Å². The normalized spacial score (nSPS) is 28.8. The minimum Gasteiger partial charge on any atom is -0.497 e. The van der Waals surface area contributed by atoms with E-state index in [1.54, 1.807) is 7.11 Å². The quantitative estimate of drug-likeness (QED) is 0.922. The van der Waals surface area contributed by atoms with Crippen molar-refractivity contribution in [1.29, 1.82) is 0 Å². The van der Waals surface area contributed by atoms with Crippen LogP contribution >= 0.6 is 0 Å². The molecule has 1 aromatic rings. The van der Waals surface area contributed by atoms with Crippen LogP contribution in [0.15, 0.2) is 18.2 Å². The zero-order valence-corrected chi connectivity index (χ0v) is 12.3. The van der Waals surface area contributed by atoms with E-state index < -0.39 is 0 Å². The topological polar surface area (TPSA) is 39.7 Å². The SMILES string of the molecule is CCNC1CC2(CCCOC2)Oc2ccc(OC)cc21. The number of hydrogen-bond acceptors (Lipinski definition) is 4. The van der Waals surface area contributed by atoms with E-state index in [0.717, 1.165) is 43.9 Å². The Morgan fingerprint density at radius 2 is 2.35 bits per heavy atom. The molecule has 0 aliphatic carbocycles. The maximum atomic E-state index is 6.32. The molecule has 0 amide bonds. The van der Waals surface area contributed by atoms with Crippen molar-refractivity contribution in [2.24, 2.45) is 0 Å². The molecular formula is C16H23NO3. The summed E-state index contributed by atoms with van der Waals surface area (Å²) in [6.45, 7) is 4.63. The van der Waals surface area contributed by atoms with Crippen LogP contribution in [0.25, 0.3) is 0 Å². The van der Waals surface area contributed by atoms with Crippen molar-refractivity contribution in [1.82, 2.24) is 5.32 Å². The van der Waals surface area contributed by atoms with Crippen LogP contribution in [0.5, 0.6) is 11.5 Å². The van der Waals surface area contributed by atoms with Gasteiger partial charge < -0.3 is 19.5 Å². The Morgan fingerprint density at radius 3 is 3.05 bits per heavy atom. The zero-order valence-electron chi connectivity index (χ0n) is 12.3. The van der Waals surface area contributed by atoms with Crippen LogP contribution in [0.3, 0.4) is 0 Å². The van der Waals surface area contributed by atoms with Gasteiger partial charge >= 0.3 is 0 Å². The van der Waals surface area contributed by atoms with Gasteiger partial charge in [-0.1, -0.05) is 6.92 Å². The smallest absolute Gasteiger partial charge is 0.134 e. The molecule has 2 aliphatic heterocycles. The molecule has 2 aliphatic rings. The molecule has 1 fully saturated rings. The van der Waals surface area contributed by atoms with E-state index in [2.05, 4.69) is 18.3 Å². The van der Waals surface area contributed by atoms with E-state index in [-0.39, 0.29) is 5.60 Å². The third-order valence-corrected chi connectivity index (χ3v) is 4.23. The van der Waals surface area contributed by atoms with Crippen molar-refractivity contribution < 1.29 is 14.2 Å². The van der Waals surface area contributed by atoms with Crippen molar-refractivity contribution in [3.63, 3.8) is 0 Å². The minimum atomic E-state index is -0.160. The molecule has 2 unspecified atom stereocenters. The molecule has 20 heavy (non-hydrogen) atoms. The summed E-state index contributed by atoms with van der Waals surface area (Å²) in [7, 11) is 1.70. The lowest BCUT2D eigenvalue weighted by Crippen LogP contribution is -2.49. The van der Waals surface area contributed by atoms with Gasteiger partial charge in [-0.3, -0.25) is 0 Å². The van der Waals surface area contributed by atoms with Crippen LogP contribution in [0.1, 0.15) is 37.8 Å².